The molecule has 3 aliphatic rings. The molecule has 2 aromatic rings. The second-order valence-electron chi connectivity index (χ2n) is 14.2. The summed E-state index contributed by atoms with van der Waals surface area (Å²) in [4.78, 5) is 27.5. The monoisotopic (exact) mass is 593 g/mol. The number of benzene rings is 2. The van der Waals surface area contributed by atoms with Gasteiger partial charge >= 0.3 is 11.9 Å². The van der Waals surface area contributed by atoms with Gasteiger partial charge in [0.25, 0.3) is 0 Å². The second kappa shape index (κ2) is 11.3. The van der Waals surface area contributed by atoms with Crippen molar-refractivity contribution < 1.29 is 19.8 Å². The summed E-state index contributed by atoms with van der Waals surface area (Å²) in [5.74, 6) is -1.70. The molecule has 0 amide bonds. The molecule has 1 unspecified atom stereocenters. The van der Waals surface area contributed by atoms with Gasteiger partial charge in [0.05, 0.1) is 30.5 Å². The highest BCUT2D eigenvalue weighted by atomic mass is 16.4. The molecule has 0 bridgehead atoms. The summed E-state index contributed by atoms with van der Waals surface area (Å²) < 4.78 is 0. The number of nitriles is 1. The van der Waals surface area contributed by atoms with Crippen molar-refractivity contribution in [2.24, 2.45) is 5.41 Å². The maximum absolute atomic E-state index is 11.7. The van der Waals surface area contributed by atoms with E-state index in [0.29, 0.717) is 18.7 Å². The van der Waals surface area contributed by atoms with E-state index in [2.05, 4.69) is 87.8 Å². The molecule has 2 N–H and O–H groups in total. The van der Waals surface area contributed by atoms with Crippen molar-refractivity contribution >= 4 is 23.3 Å². The third kappa shape index (κ3) is 5.54. The van der Waals surface area contributed by atoms with Gasteiger partial charge in [-0.15, -0.1) is 0 Å². The van der Waals surface area contributed by atoms with Crippen LogP contribution in [0.3, 0.4) is 0 Å². The van der Waals surface area contributed by atoms with Crippen molar-refractivity contribution in [3.8, 4) is 6.07 Å². The first-order chi connectivity index (χ1) is 20.7. The fraction of sp³-hybridized carbons (Fsp3) is 0.432. The van der Waals surface area contributed by atoms with Crippen LogP contribution in [0.4, 0.5) is 11.4 Å². The number of carboxylic acids is 2. The molecule has 0 spiro atoms. The van der Waals surface area contributed by atoms with Crippen LogP contribution >= 0.6 is 0 Å². The smallest absolute Gasteiger partial charge is 0.305 e. The van der Waals surface area contributed by atoms with Gasteiger partial charge in [-0.3, -0.25) is 9.59 Å². The highest BCUT2D eigenvalue weighted by Gasteiger charge is 2.48. The average Bonchev–Trinajstić information content (AvgIpc) is 3.29. The number of fused-ring (bicyclic) bond motifs is 2. The van der Waals surface area contributed by atoms with E-state index in [4.69, 9.17) is 0 Å². The summed E-state index contributed by atoms with van der Waals surface area (Å²) in [6.07, 6.45) is 5.93. The Morgan fingerprint density at radius 1 is 0.886 bits per heavy atom. The lowest BCUT2D eigenvalue weighted by molar-refractivity contribution is -0.137. The molecular formula is C37H43N3O4. The SMILES string of the molecule is CC1(C)CC(/C=C2/N(CCC(=O)O)c3ccccc3C2(C)C)=CC(=C(\C#N)C2N(CCC(=O)O)c3ccccc3C2(C)C)/C1. The minimum atomic E-state index is -0.864. The second-order valence-corrected chi connectivity index (χ2v) is 14.2. The molecule has 0 saturated heterocycles. The molecular weight excluding hydrogens is 550 g/mol. The van der Waals surface area contributed by atoms with Gasteiger partial charge in [0.15, 0.2) is 0 Å². The number of aliphatic carboxylic acids is 2. The Balaban J connectivity index is 1.65. The molecule has 7 heteroatoms. The lowest BCUT2D eigenvalue weighted by Gasteiger charge is -2.38. The molecule has 44 heavy (non-hydrogen) atoms. The standard InChI is InChI=1S/C37H43N3O4/c1-35(2)21-24(20-31-36(3,4)27-11-7-9-13-29(27)39(31)17-15-32(41)42)19-25(22-35)26(23-38)34-37(5,6)28-12-8-10-14-30(28)40(34)18-16-33(43)44/h7-14,19-20,34H,15-18,21-22H2,1-6H3,(H,41,42)(H,43,44)/b26-25-,31-20+. The Kier molecular flexibility index (Phi) is 8.01. The van der Waals surface area contributed by atoms with Gasteiger partial charge < -0.3 is 20.0 Å². The van der Waals surface area contributed by atoms with E-state index in [1.54, 1.807) is 0 Å². The molecule has 0 aromatic heterocycles. The Morgan fingerprint density at radius 2 is 1.48 bits per heavy atom. The fourth-order valence-corrected chi connectivity index (χ4v) is 7.68. The molecule has 230 valence electrons. The number of hydrogen-bond acceptors (Lipinski definition) is 5. The summed E-state index contributed by atoms with van der Waals surface area (Å²) in [6.45, 7) is 13.8. The van der Waals surface area contributed by atoms with Crippen LogP contribution in [0.1, 0.15) is 78.4 Å². The lowest BCUT2D eigenvalue weighted by atomic mass is 9.70. The van der Waals surface area contributed by atoms with Gasteiger partial charge in [0.2, 0.25) is 0 Å². The summed E-state index contributed by atoms with van der Waals surface area (Å²) in [7, 11) is 0. The van der Waals surface area contributed by atoms with E-state index in [0.717, 1.165) is 46.6 Å². The number of rotatable bonds is 8. The molecule has 1 aliphatic carbocycles. The van der Waals surface area contributed by atoms with Gasteiger partial charge in [-0.2, -0.15) is 5.26 Å². The molecule has 2 aromatic carbocycles. The zero-order valence-electron chi connectivity index (χ0n) is 26.6. The van der Waals surface area contributed by atoms with E-state index >= 15 is 0 Å². The number of anilines is 2. The highest BCUT2D eigenvalue weighted by Crippen LogP contribution is 2.51. The summed E-state index contributed by atoms with van der Waals surface area (Å²) >= 11 is 0. The maximum atomic E-state index is 11.7. The minimum absolute atomic E-state index is 0.0184. The largest absolute Gasteiger partial charge is 0.481 e. The quantitative estimate of drug-likeness (QED) is 0.308. The summed E-state index contributed by atoms with van der Waals surface area (Å²) in [5, 5.41) is 29.9. The Morgan fingerprint density at radius 3 is 2.11 bits per heavy atom. The van der Waals surface area contributed by atoms with Crippen molar-refractivity contribution in [3.63, 3.8) is 0 Å². The maximum Gasteiger partial charge on any atom is 0.305 e. The predicted octanol–water partition coefficient (Wildman–Crippen LogP) is 7.35. The van der Waals surface area contributed by atoms with E-state index in [-0.39, 0.29) is 29.7 Å². The topological polar surface area (TPSA) is 105 Å². The molecule has 1 atom stereocenters. The van der Waals surface area contributed by atoms with Gasteiger partial charge in [-0.1, -0.05) is 84.0 Å². The number of carboxylic acid groups (broad SMARTS) is 2. The number of hydrogen-bond donors (Lipinski definition) is 2. The van der Waals surface area contributed by atoms with Crippen molar-refractivity contribution in [2.75, 3.05) is 22.9 Å². The van der Waals surface area contributed by atoms with Crippen molar-refractivity contribution in [3.05, 3.63) is 94.2 Å². The van der Waals surface area contributed by atoms with Gasteiger partial charge in [0, 0.05) is 41.0 Å². The zero-order chi connectivity index (χ0) is 32.0. The Bertz CT molecular complexity index is 1640. The normalized spacial score (nSPS) is 23.1. The molecule has 2 heterocycles. The predicted molar refractivity (Wildman–Crippen MR) is 174 cm³/mol. The first-order valence-electron chi connectivity index (χ1n) is 15.4. The van der Waals surface area contributed by atoms with Crippen LogP contribution in [0.2, 0.25) is 0 Å². The van der Waals surface area contributed by atoms with Crippen LogP contribution < -0.4 is 9.80 Å². The molecule has 0 fully saturated rings. The summed E-state index contributed by atoms with van der Waals surface area (Å²) in [5.41, 5.74) is 7.25. The minimum Gasteiger partial charge on any atom is -0.481 e. The van der Waals surface area contributed by atoms with Crippen LogP contribution in [-0.2, 0) is 20.4 Å². The van der Waals surface area contributed by atoms with Crippen molar-refractivity contribution in [2.45, 2.75) is 84.1 Å². The third-order valence-corrected chi connectivity index (χ3v) is 9.59. The summed E-state index contributed by atoms with van der Waals surface area (Å²) in [6, 6.07) is 18.6. The van der Waals surface area contributed by atoms with Crippen LogP contribution in [0.15, 0.2) is 83.1 Å². The number of allylic oxidation sites excluding steroid dienone is 5. The molecule has 0 saturated carbocycles. The third-order valence-electron chi connectivity index (χ3n) is 9.59. The van der Waals surface area contributed by atoms with Gasteiger partial charge in [0.1, 0.15) is 0 Å². The number of nitrogens with zero attached hydrogens (tertiary/aromatic N) is 3. The van der Waals surface area contributed by atoms with E-state index in [1.807, 2.05) is 30.3 Å². The van der Waals surface area contributed by atoms with Crippen LogP contribution in [0.5, 0.6) is 0 Å². The lowest BCUT2D eigenvalue weighted by Crippen LogP contribution is -2.44. The fourth-order valence-electron chi connectivity index (χ4n) is 7.68. The van der Waals surface area contributed by atoms with E-state index in [1.165, 1.54) is 5.56 Å². The van der Waals surface area contributed by atoms with Crippen molar-refractivity contribution in [1.82, 2.24) is 0 Å². The van der Waals surface area contributed by atoms with Crippen molar-refractivity contribution in [1.29, 1.82) is 5.26 Å². The molecule has 7 nitrogen and oxygen atoms in total. The number of para-hydroxylation sites is 2. The Labute approximate surface area is 260 Å². The Hall–Kier alpha value is -4.31. The first kappa shape index (κ1) is 31.1. The number of carbonyl (C=O) groups is 2. The molecule has 0 radical (unpaired) electrons. The highest BCUT2D eigenvalue weighted by molar-refractivity contribution is 5.74. The van der Waals surface area contributed by atoms with Crippen LogP contribution in [-0.4, -0.2) is 41.3 Å². The molecule has 2 aliphatic heterocycles. The molecule has 5 rings (SSSR count). The first-order valence-corrected chi connectivity index (χ1v) is 15.4. The average molecular weight is 594 g/mol. The van der Waals surface area contributed by atoms with Crippen LogP contribution in [0, 0.1) is 16.7 Å². The van der Waals surface area contributed by atoms with Crippen LogP contribution in [0.25, 0.3) is 0 Å². The van der Waals surface area contributed by atoms with E-state index in [9.17, 15) is 25.1 Å². The van der Waals surface area contributed by atoms with Gasteiger partial charge in [-0.05, 0) is 58.7 Å². The van der Waals surface area contributed by atoms with E-state index < -0.39 is 17.4 Å². The zero-order valence-corrected chi connectivity index (χ0v) is 26.6. The van der Waals surface area contributed by atoms with Gasteiger partial charge in [-0.25, -0.2) is 0 Å².